The van der Waals surface area contributed by atoms with Gasteiger partial charge in [0, 0.05) is 30.3 Å². The number of halogens is 2. The number of pyridine rings is 1. The fourth-order valence-electron chi connectivity index (χ4n) is 6.49. The van der Waals surface area contributed by atoms with Gasteiger partial charge in [0.1, 0.15) is 6.10 Å². The van der Waals surface area contributed by atoms with Crippen molar-refractivity contribution in [1.29, 1.82) is 0 Å². The Kier molecular flexibility index (Phi) is 6.74. The molecule has 1 saturated heterocycles. The monoisotopic (exact) mass is 535 g/mol. The number of carbonyl (C=O) groups is 1. The molecular formula is C31H35F2N3O3. The van der Waals surface area contributed by atoms with Gasteiger partial charge in [-0.25, -0.2) is 18.6 Å². The lowest BCUT2D eigenvalue weighted by molar-refractivity contribution is -0.218. The number of rotatable bonds is 5. The van der Waals surface area contributed by atoms with Gasteiger partial charge in [-0.3, -0.25) is 4.98 Å². The summed E-state index contributed by atoms with van der Waals surface area (Å²) in [4.78, 5) is 21.4. The Bertz CT molecular complexity index is 1400. The van der Waals surface area contributed by atoms with E-state index >= 15 is 8.78 Å². The van der Waals surface area contributed by atoms with Crippen LogP contribution in [0.5, 0.6) is 0 Å². The van der Waals surface area contributed by atoms with E-state index in [0.717, 1.165) is 35.2 Å². The van der Waals surface area contributed by atoms with Crippen molar-refractivity contribution in [3.8, 4) is 0 Å². The number of fused-ring (bicyclic) bond motifs is 1. The van der Waals surface area contributed by atoms with E-state index in [1.807, 2.05) is 29.9 Å². The largest absolute Gasteiger partial charge is 0.460 e. The van der Waals surface area contributed by atoms with Crippen molar-refractivity contribution >= 4 is 23.2 Å². The molecular weight excluding hydrogens is 500 g/mol. The summed E-state index contributed by atoms with van der Waals surface area (Å²) in [5.41, 5.74) is 2.59. The molecule has 39 heavy (non-hydrogen) atoms. The molecule has 206 valence electrons. The van der Waals surface area contributed by atoms with Crippen molar-refractivity contribution in [2.45, 2.75) is 64.6 Å². The summed E-state index contributed by atoms with van der Waals surface area (Å²) >= 11 is 0. The molecule has 0 aromatic carbocycles. The second-order valence-electron chi connectivity index (χ2n) is 11.2. The SMILES string of the molecule is CCC1=C(c2cncn2C)C(c2ccc(C=CC3C(C)C(F)(F)CC4(O)C(=O)OC(C)C34C)nc2)=CC=CC1. The molecule has 2 aromatic rings. The Labute approximate surface area is 227 Å². The first-order valence-electron chi connectivity index (χ1n) is 13.5. The average Bonchev–Trinajstić information content (AvgIpc) is 3.28. The molecule has 0 spiro atoms. The maximum atomic E-state index is 15.0. The second kappa shape index (κ2) is 9.66. The van der Waals surface area contributed by atoms with Gasteiger partial charge in [0.15, 0.2) is 5.60 Å². The summed E-state index contributed by atoms with van der Waals surface area (Å²) in [6, 6.07) is 3.83. The number of hydrogen-bond acceptors (Lipinski definition) is 5. The first kappa shape index (κ1) is 27.2. The lowest BCUT2D eigenvalue weighted by Crippen LogP contribution is -2.63. The fraction of sp³-hybridized carbons (Fsp3) is 0.452. The number of esters is 1. The molecule has 5 unspecified atom stereocenters. The molecule has 5 rings (SSSR count). The van der Waals surface area contributed by atoms with E-state index in [2.05, 4.69) is 35.1 Å². The van der Waals surface area contributed by atoms with Crippen LogP contribution in [0.15, 0.2) is 60.7 Å². The number of nitrogens with zero attached hydrogens (tertiary/aromatic N) is 3. The smallest absolute Gasteiger partial charge is 0.339 e. The van der Waals surface area contributed by atoms with Crippen LogP contribution in [0.25, 0.3) is 17.2 Å². The van der Waals surface area contributed by atoms with Crippen molar-refractivity contribution < 1.29 is 23.4 Å². The molecule has 0 radical (unpaired) electrons. The zero-order chi connectivity index (χ0) is 28.2. The molecule has 8 heteroatoms. The second-order valence-corrected chi connectivity index (χ2v) is 11.2. The molecule has 0 amide bonds. The lowest BCUT2D eigenvalue weighted by Gasteiger charge is -2.52. The fourth-order valence-corrected chi connectivity index (χ4v) is 6.49. The van der Waals surface area contributed by atoms with Gasteiger partial charge < -0.3 is 14.4 Å². The van der Waals surface area contributed by atoms with Gasteiger partial charge in [-0.2, -0.15) is 0 Å². The maximum absolute atomic E-state index is 15.0. The number of imidazole rings is 1. The standard InChI is InChI=1S/C31H35F2N3O3/c1-6-21-9-7-8-10-24(27(21)26-16-34-18-36(26)5)22-11-12-23(35-15-22)13-14-25-19(2)31(32,33)17-30(38)28(37)39-20(3)29(25,30)4/h7-8,10-16,18-20,25,38H,6,9,17H2,1-5H3. The summed E-state index contributed by atoms with van der Waals surface area (Å²) in [5, 5.41) is 11.2. The summed E-state index contributed by atoms with van der Waals surface area (Å²) in [6.07, 6.45) is 15.2. The summed E-state index contributed by atoms with van der Waals surface area (Å²) < 4.78 is 37.4. The predicted molar refractivity (Wildman–Crippen MR) is 146 cm³/mol. The van der Waals surface area contributed by atoms with Crippen LogP contribution in [0.4, 0.5) is 8.78 Å². The highest BCUT2D eigenvalue weighted by molar-refractivity contribution is 6.06. The molecule has 1 aliphatic heterocycles. The molecule has 1 saturated carbocycles. The number of ether oxygens (including phenoxy) is 1. The number of aliphatic hydroxyl groups is 1. The minimum atomic E-state index is -3.23. The zero-order valence-electron chi connectivity index (χ0n) is 23.0. The Balaban J connectivity index is 1.48. The van der Waals surface area contributed by atoms with Crippen LogP contribution in [-0.2, 0) is 16.6 Å². The summed E-state index contributed by atoms with van der Waals surface area (Å²) in [6.45, 7) is 6.95. The number of aryl methyl sites for hydroxylation is 1. The van der Waals surface area contributed by atoms with Gasteiger partial charge in [-0.15, -0.1) is 0 Å². The third-order valence-corrected chi connectivity index (χ3v) is 9.20. The predicted octanol–water partition coefficient (Wildman–Crippen LogP) is 6.01. The van der Waals surface area contributed by atoms with E-state index in [1.165, 1.54) is 12.5 Å². The zero-order valence-corrected chi connectivity index (χ0v) is 23.0. The molecule has 3 heterocycles. The number of allylic oxidation sites excluding steroid dienone is 7. The highest BCUT2D eigenvalue weighted by atomic mass is 19.3. The van der Waals surface area contributed by atoms with Crippen LogP contribution in [0, 0.1) is 17.3 Å². The Morgan fingerprint density at radius 2 is 2.03 bits per heavy atom. The van der Waals surface area contributed by atoms with Crippen molar-refractivity contribution in [3.63, 3.8) is 0 Å². The third-order valence-electron chi connectivity index (χ3n) is 9.20. The molecule has 5 atom stereocenters. The summed E-state index contributed by atoms with van der Waals surface area (Å²) in [5.74, 6) is -6.11. The van der Waals surface area contributed by atoms with E-state index in [4.69, 9.17) is 4.74 Å². The quantitative estimate of drug-likeness (QED) is 0.475. The molecule has 1 N–H and O–H groups in total. The molecule has 0 bridgehead atoms. The van der Waals surface area contributed by atoms with Crippen LogP contribution in [0.3, 0.4) is 0 Å². The van der Waals surface area contributed by atoms with Crippen molar-refractivity contribution in [2.75, 3.05) is 0 Å². The topological polar surface area (TPSA) is 77.2 Å². The van der Waals surface area contributed by atoms with E-state index in [0.29, 0.717) is 5.69 Å². The highest BCUT2D eigenvalue weighted by Gasteiger charge is 2.74. The molecule has 3 aliphatic rings. The maximum Gasteiger partial charge on any atom is 0.339 e. The number of hydrogen-bond donors (Lipinski definition) is 1. The van der Waals surface area contributed by atoms with Crippen molar-refractivity contribution in [2.24, 2.45) is 24.3 Å². The lowest BCUT2D eigenvalue weighted by atomic mass is 9.53. The summed E-state index contributed by atoms with van der Waals surface area (Å²) in [7, 11) is 1.98. The Hall–Kier alpha value is -3.39. The third kappa shape index (κ3) is 4.20. The van der Waals surface area contributed by atoms with Gasteiger partial charge in [0.25, 0.3) is 5.92 Å². The van der Waals surface area contributed by atoms with Crippen LogP contribution >= 0.6 is 0 Å². The number of cyclic esters (lactones) is 1. The van der Waals surface area contributed by atoms with Crippen LogP contribution in [0.2, 0.25) is 0 Å². The Morgan fingerprint density at radius 1 is 1.26 bits per heavy atom. The van der Waals surface area contributed by atoms with Gasteiger partial charge in [0.05, 0.1) is 35.7 Å². The van der Waals surface area contributed by atoms with Gasteiger partial charge >= 0.3 is 5.97 Å². The molecule has 2 aromatic heterocycles. The molecule has 2 fully saturated rings. The van der Waals surface area contributed by atoms with E-state index in [9.17, 15) is 9.90 Å². The number of aromatic nitrogens is 3. The normalized spacial score (nSPS) is 32.3. The van der Waals surface area contributed by atoms with Crippen molar-refractivity contribution in [3.05, 3.63) is 77.7 Å². The van der Waals surface area contributed by atoms with E-state index < -0.39 is 47.3 Å². The highest BCUT2D eigenvalue weighted by Crippen LogP contribution is 2.61. The van der Waals surface area contributed by atoms with Crippen LogP contribution < -0.4 is 0 Å². The minimum absolute atomic E-state index is 0.594. The van der Waals surface area contributed by atoms with Crippen molar-refractivity contribution in [1.82, 2.24) is 14.5 Å². The molecule has 6 nitrogen and oxygen atoms in total. The van der Waals surface area contributed by atoms with Crippen LogP contribution in [0.1, 0.15) is 63.9 Å². The Morgan fingerprint density at radius 3 is 2.67 bits per heavy atom. The van der Waals surface area contributed by atoms with E-state index in [-0.39, 0.29) is 0 Å². The van der Waals surface area contributed by atoms with Gasteiger partial charge in [-0.1, -0.05) is 56.7 Å². The number of alkyl halides is 2. The first-order chi connectivity index (χ1) is 18.4. The minimum Gasteiger partial charge on any atom is -0.460 e. The first-order valence-corrected chi connectivity index (χ1v) is 13.5. The van der Waals surface area contributed by atoms with Crippen LogP contribution in [-0.4, -0.2) is 43.2 Å². The molecule has 2 aliphatic carbocycles. The number of carbonyl (C=O) groups excluding carboxylic acids is 1. The van der Waals surface area contributed by atoms with Gasteiger partial charge in [0.2, 0.25) is 0 Å². The average molecular weight is 536 g/mol. The van der Waals surface area contributed by atoms with E-state index in [1.54, 1.807) is 38.5 Å². The van der Waals surface area contributed by atoms with Gasteiger partial charge in [-0.05, 0) is 43.4 Å².